The number of hydrogen-bond donors (Lipinski definition) is 2. The fourth-order valence-electron chi connectivity index (χ4n) is 1.30. The summed E-state index contributed by atoms with van der Waals surface area (Å²) in [5.41, 5.74) is 0. The highest BCUT2D eigenvalue weighted by molar-refractivity contribution is 7.46. The second-order valence-corrected chi connectivity index (χ2v) is 4.18. The fourth-order valence-corrected chi connectivity index (χ4v) is 1.69. The van der Waals surface area contributed by atoms with Crippen LogP contribution in [0.15, 0.2) is 36.4 Å². The molecule has 0 aliphatic rings. The van der Waals surface area contributed by atoms with E-state index in [0.717, 1.165) is 10.8 Å². The van der Waals surface area contributed by atoms with E-state index in [9.17, 15) is 4.57 Å². The number of rotatable bonds is 2. The molecule has 2 N–H and O–H groups in total. The first-order valence-electron chi connectivity index (χ1n) is 4.20. The van der Waals surface area contributed by atoms with E-state index in [1.807, 2.05) is 6.07 Å². The smallest absolute Gasteiger partial charge is 0.404 e. The molecule has 15 heavy (non-hydrogen) atoms. The van der Waals surface area contributed by atoms with E-state index in [1.165, 1.54) is 6.07 Å². The van der Waals surface area contributed by atoms with Gasteiger partial charge >= 0.3 is 7.82 Å². The molecule has 2 rings (SSSR count). The fraction of sp³-hybridized carbons (Fsp3) is 0. The van der Waals surface area contributed by atoms with Crippen LogP contribution in [0.4, 0.5) is 0 Å². The van der Waals surface area contributed by atoms with Crippen molar-refractivity contribution < 1.29 is 18.9 Å². The molecule has 0 aliphatic carbocycles. The average Bonchev–Trinajstić information content (AvgIpc) is 2.15. The summed E-state index contributed by atoms with van der Waals surface area (Å²) in [5, 5.41) is 1.79. The third-order valence-electron chi connectivity index (χ3n) is 1.88. The Morgan fingerprint density at radius 2 is 2.00 bits per heavy atom. The van der Waals surface area contributed by atoms with E-state index in [2.05, 4.69) is 10.6 Å². The van der Waals surface area contributed by atoms with E-state index in [0.29, 0.717) is 0 Å². The molecule has 0 spiro atoms. The summed E-state index contributed by atoms with van der Waals surface area (Å²) in [7, 11) is -4.48. The molecule has 0 heterocycles. The standard InChI is InChI=1S/C10H8O4P/c11-15(12,13)14-10-6-5-8-3-1-2-4-9(8)7-10/h1,3-7H,(H2,11,12,13). The molecule has 1 radical (unpaired) electrons. The van der Waals surface area contributed by atoms with E-state index < -0.39 is 7.82 Å². The molecule has 0 bridgehead atoms. The predicted octanol–water partition coefficient (Wildman–Crippen LogP) is 2.11. The summed E-state index contributed by atoms with van der Waals surface area (Å²) in [4.78, 5) is 17.2. The molecular formula is C10H8O4P. The number of phosphoric acid groups is 1. The first-order valence-corrected chi connectivity index (χ1v) is 5.73. The van der Waals surface area contributed by atoms with Gasteiger partial charge in [-0.05, 0) is 35.0 Å². The molecule has 0 aliphatic heterocycles. The summed E-state index contributed by atoms with van der Waals surface area (Å²) in [5.74, 6) is 0.149. The third-order valence-corrected chi connectivity index (χ3v) is 2.33. The first-order chi connectivity index (χ1) is 7.04. The van der Waals surface area contributed by atoms with E-state index >= 15 is 0 Å². The van der Waals surface area contributed by atoms with Crippen molar-refractivity contribution in [2.24, 2.45) is 0 Å². The summed E-state index contributed by atoms with van der Waals surface area (Å²) in [6.07, 6.45) is 0. The van der Waals surface area contributed by atoms with Crippen LogP contribution in [0.5, 0.6) is 5.75 Å². The highest BCUT2D eigenvalue weighted by atomic mass is 31.2. The van der Waals surface area contributed by atoms with Gasteiger partial charge in [-0.1, -0.05) is 18.2 Å². The van der Waals surface area contributed by atoms with Gasteiger partial charge in [-0.3, -0.25) is 9.79 Å². The lowest BCUT2D eigenvalue weighted by atomic mass is 10.1. The van der Waals surface area contributed by atoms with Crippen molar-refractivity contribution in [1.29, 1.82) is 0 Å². The summed E-state index contributed by atoms with van der Waals surface area (Å²) < 4.78 is 15.1. The predicted molar refractivity (Wildman–Crippen MR) is 55.5 cm³/mol. The molecule has 4 nitrogen and oxygen atoms in total. The average molecular weight is 223 g/mol. The van der Waals surface area contributed by atoms with Crippen LogP contribution in [-0.4, -0.2) is 9.79 Å². The van der Waals surface area contributed by atoms with Gasteiger partial charge < -0.3 is 4.52 Å². The summed E-state index contributed by atoms with van der Waals surface area (Å²) >= 11 is 0. The minimum absolute atomic E-state index is 0.149. The topological polar surface area (TPSA) is 66.8 Å². The zero-order valence-corrected chi connectivity index (χ0v) is 8.52. The molecule has 77 valence electrons. The van der Waals surface area contributed by atoms with Crippen LogP contribution in [0.25, 0.3) is 10.8 Å². The monoisotopic (exact) mass is 223 g/mol. The maximum Gasteiger partial charge on any atom is 0.524 e. The highest BCUT2D eigenvalue weighted by Crippen LogP contribution is 2.38. The maximum atomic E-state index is 10.6. The number of benzene rings is 2. The van der Waals surface area contributed by atoms with Crippen molar-refractivity contribution in [3.63, 3.8) is 0 Å². The lowest BCUT2D eigenvalue weighted by Gasteiger charge is -2.07. The van der Waals surface area contributed by atoms with E-state index in [-0.39, 0.29) is 5.75 Å². The molecule has 0 fully saturated rings. The van der Waals surface area contributed by atoms with Crippen LogP contribution >= 0.6 is 7.82 Å². The lowest BCUT2D eigenvalue weighted by molar-refractivity contribution is 0.283. The largest absolute Gasteiger partial charge is 0.524 e. The van der Waals surface area contributed by atoms with Crippen LogP contribution in [0.2, 0.25) is 0 Å². The third kappa shape index (κ3) is 2.57. The molecule has 0 saturated heterocycles. The molecule has 0 unspecified atom stereocenters. The zero-order chi connectivity index (χ0) is 10.9. The SMILES string of the molecule is O=P(O)(O)Oc1ccc2cc[c]cc2c1. The second kappa shape index (κ2) is 3.66. The summed E-state index contributed by atoms with van der Waals surface area (Å²) in [6.45, 7) is 0. The molecule has 5 heteroatoms. The van der Waals surface area contributed by atoms with Gasteiger partial charge in [0.15, 0.2) is 0 Å². The van der Waals surface area contributed by atoms with Crippen LogP contribution < -0.4 is 4.52 Å². The van der Waals surface area contributed by atoms with E-state index in [4.69, 9.17) is 9.79 Å². The quantitative estimate of drug-likeness (QED) is 0.765. The molecule has 2 aromatic rings. The Kier molecular flexibility index (Phi) is 2.49. The Morgan fingerprint density at radius 3 is 2.73 bits per heavy atom. The van der Waals surface area contributed by atoms with Gasteiger partial charge in [-0.2, -0.15) is 0 Å². The maximum absolute atomic E-state index is 10.6. The number of hydrogen-bond acceptors (Lipinski definition) is 2. The van der Waals surface area contributed by atoms with Crippen LogP contribution in [0.3, 0.4) is 0 Å². The van der Waals surface area contributed by atoms with Crippen molar-refractivity contribution in [3.05, 3.63) is 42.5 Å². The van der Waals surface area contributed by atoms with Crippen molar-refractivity contribution in [2.45, 2.75) is 0 Å². The number of fused-ring (bicyclic) bond motifs is 1. The van der Waals surface area contributed by atoms with E-state index in [1.54, 1.807) is 24.3 Å². The second-order valence-electron chi connectivity index (χ2n) is 3.02. The molecular weight excluding hydrogens is 215 g/mol. The Morgan fingerprint density at radius 1 is 1.20 bits per heavy atom. The highest BCUT2D eigenvalue weighted by Gasteiger charge is 2.15. The van der Waals surface area contributed by atoms with Crippen molar-refractivity contribution in [3.8, 4) is 5.75 Å². The van der Waals surface area contributed by atoms with Gasteiger partial charge in [0.2, 0.25) is 0 Å². The minimum atomic E-state index is -4.48. The number of phosphoric ester groups is 1. The van der Waals surface area contributed by atoms with Crippen molar-refractivity contribution in [1.82, 2.24) is 0 Å². The van der Waals surface area contributed by atoms with Crippen LogP contribution in [-0.2, 0) is 4.57 Å². The first kappa shape index (κ1) is 10.2. The van der Waals surface area contributed by atoms with Gasteiger partial charge in [0, 0.05) is 0 Å². The Labute approximate surface area is 86.4 Å². The van der Waals surface area contributed by atoms with Gasteiger partial charge in [-0.15, -0.1) is 0 Å². The van der Waals surface area contributed by atoms with Gasteiger partial charge in [-0.25, -0.2) is 4.57 Å². The van der Waals surface area contributed by atoms with Crippen molar-refractivity contribution in [2.75, 3.05) is 0 Å². The van der Waals surface area contributed by atoms with Gasteiger partial charge in [0.1, 0.15) is 5.75 Å². The molecule has 2 aromatic carbocycles. The molecule has 0 aromatic heterocycles. The van der Waals surface area contributed by atoms with Crippen molar-refractivity contribution >= 4 is 18.6 Å². The molecule has 0 atom stereocenters. The normalized spacial score (nSPS) is 11.6. The lowest BCUT2D eigenvalue weighted by Crippen LogP contribution is -1.89. The Hall–Kier alpha value is -1.35. The Bertz CT molecular complexity index is 532. The van der Waals surface area contributed by atoms with Gasteiger partial charge in [0.25, 0.3) is 0 Å². The Balaban J connectivity index is 2.43. The zero-order valence-electron chi connectivity index (χ0n) is 7.62. The molecule has 0 amide bonds. The molecule has 0 saturated carbocycles. The van der Waals surface area contributed by atoms with Gasteiger partial charge in [0.05, 0.1) is 0 Å². The minimum Gasteiger partial charge on any atom is -0.404 e. The summed E-state index contributed by atoms with van der Waals surface area (Å²) in [6, 6.07) is 13.0. The van der Waals surface area contributed by atoms with Crippen LogP contribution in [0, 0.1) is 6.07 Å². The van der Waals surface area contributed by atoms with Crippen LogP contribution in [0.1, 0.15) is 0 Å².